The molecule has 15 heavy (non-hydrogen) atoms. The summed E-state index contributed by atoms with van der Waals surface area (Å²) in [4.78, 5) is 20.5. The van der Waals surface area contributed by atoms with Crippen LogP contribution in [0.15, 0.2) is 12.1 Å². The summed E-state index contributed by atoms with van der Waals surface area (Å²) in [5, 5.41) is 19.2. The fraction of sp³-hybridized carbons (Fsp3) is 0.222. The molecule has 0 aromatic heterocycles. The molecule has 5 nitrogen and oxygen atoms in total. The van der Waals surface area contributed by atoms with Crippen molar-refractivity contribution in [3.8, 4) is 0 Å². The van der Waals surface area contributed by atoms with Crippen molar-refractivity contribution in [3.05, 3.63) is 38.4 Å². The van der Waals surface area contributed by atoms with Crippen LogP contribution in [0.1, 0.15) is 11.1 Å². The second-order valence-corrected chi connectivity index (χ2v) is 3.49. The first-order valence-electron chi connectivity index (χ1n) is 4.07. The highest BCUT2D eigenvalue weighted by atomic mass is 35.5. The van der Waals surface area contributed by atoms with E-state index in [-0.39, 0.29) is 16.3 Å². The van der Waals surface area contributed by atoms with Gasteiger partial charge in [-0.15, -0.1) is 0 Å². The largest absolute Gasteiger partial charge is 0.481 e. The van der Waals surface area contributed by atoms with Crippen LogP contribution in [0.4, 0.5) is 5.69 Å². The molecule has 0 unspecified atom stereocenters. The maximum Gasteiger partial charge on any atom is 0.308 e. The van der Waals surface area contributed by atoms with Gasteiger partial charge in [-0.3, -0.25) is 14.9 Å². The minimum Gasteiger partial charge on any atom is -0.481 e. The van der Waals surface area contributed by atoms with Crippen molar-refractivity contribution < 1.29 is 14.8 Å². The zero-order valence-electron chi connectivity index (χ0n) is 7.86. The lowest BCUT2D eigenvalue weighted by Gasteiger charge is -2.03. The van der Waals surface area contributed by atoms with E-state index >= 15 is 0 Å². The number of aryl methyl sites for hydroxylation is 1. The van der Waals surface area contributed by atoms with E-state index in [4.69, 9.17) is 16.7 Å². The summed E-state index contributed by atoms with van der Waals surface area (Å²) in [6, 6.07) is 2.89. The Morgan fingerprint density at radius 3 is 2.67 bits per heavy atom. The molecule has 0 radical (unpaired) electrons. The Kier molecular flexibility index (Phi) is 3.26. The van der Waals surface area contributed by atoms with E-state index < -0.39 is 17.3 Å². The predicted molar refractivity (Wildman–Crippen MR) is 54.2 cm³/mol. The number of benzene rings is 1. The number of carboxylic acid groups (broad SMARTS) is 1. The van der Waals surface area contributed by atoms with Crippen molar-refractivity contribution >= 4 is 23.3 Å². The Balaban J connectivity index is 3.33. The van der Waals surface area contributed by atoms with Crippen LogP contribution in [-0.4, -0.2) is 16.0 Å². The molecule has 0 spiro atoms. The molecule has 0 atom stereocenters. The van der Waals surface area contributed by atoms with Crippen LogP contribution in [0.3, 0.4) is 0 Å². The monoisotopic (exact) mass is 229 g/mol. The minimum atomic E-state index is -1.13. The molecule has 0 fully saturated rings. The third-order valence-electron chi connectivity index (χ3n) is 1.81. The van der Waals surface area contributed by atoms with Crippen molar-refractivity contribution in [2.75, 3.05) is 0 Å². The molecular formula is C9H8ClNO4. The molecule has 0 bridgehead atoms. The molecule has 0 heterocycles. The van der Waals surface area contributed by atoms with E-state index in [0.717, 1.165) is 0 Å². The van der Waals surface area contributed by atoms with Gasteiger partial charge in [0.1, 0.15) is 5.02 Å². The van der Waals surface area contributed by atoms with Crippen LogP contribution in [0, 0.1) is 17.0 Å². The normalized spacial score (nSPS) is 10.0. The first kappa shape index (κ1) is 11.5. The van der Waals surface area contributed by atoms with Crippen LogP contribution in [0.5, 0.6) is 0 Å². The number of hydrogen-bond acceptors (Lipinski definition) is 3. The molecule has 0 aliphatic heterocycles. The van der Waals surface area contributed by atoms with Gasteiger partial charge in [0.25, 0.3) is 5.69 Å². The highest BCUT2D eigenvalue weighted by Gasteiger charge is 2.20. The highest BCUT2D eigenvalue weighted by Crippen LogP contribution is 2.30. The van der Waals surface area contributed by atoms with E-state index in [2.05, 4.69) is 0 Å². The number of rotatable bonds is 3. The van der Waals surface area contributed by atoms with Gasteiger partial charge in [0.05, 0.1) is 11.3 Å². The second kappa shape index (κ2) is 4.27. The molecule has 1 aromatic carbocycles. The summed E-state index contributed by atoms with van der Waals surface area (Å²) in [7, 11) is 0. The fourth-order valence-electron chi connectivity index (χ4n) is 1.31. The topological polar surface area (TPSA) is 80.4 Å². The number of nitro groups is 1. The van der Waals surface area contributed by atoms with E-state index in [9.17, 15) is 14.9 Å². The van der Waals surface area contributed by atoms with Crippen LogP contribution >= 0.6 is 11.6 Å². The van der Waals surface area contributed by atoms with Gasteiger partial charge in [-0.2, -0.15) is 0 Å². The number of carbonyl (C=O) groups is 1. The Bertz CT molecular complexity index is 430. The molecular weight excluding hydrogens is 222 g/mol. The van der Waals surface area contributed by atoms with Crippen LogP contribution in [0.25, 0.3) is 0 Å². The summed E-state index contributed by atoms with van der Waals surface area (Å²) in [6.45, 7) is 1.70. The SMILES string of the molecule is Cc1cc(Cl)c([N+](=O)[O-])c(CC(=O)O)c1. The molecule has 1 aromatic rings. The summed E-state index contributed by atoms with van der Waals surface area (Å²) in [5.74, 6) is -1.13. The van der Waals surface area contributed by atoms with Crippen molar-refractivity contribution in [1.29, 1.82) is 0 Å². The molecule has 1 rings (SSSR count). The maximum atomic E-state index is 10.7. The smallest absolute Gasteiger partial charge is 0.308 e. The Hall–Kier alpha value is -1.62. The molecule has 80 valence electrons. The van der Waals surface area contributed by atoms with Gasteiger partial charge in [-0.05, 0) is 24.6 Å². The number of hydrogen-bond donors (Lipinski definition) is 1. The summed E-state index contributed by atoms with van der Waals surface area (Å²) in [6.07, 6.45) is -0.405. The van der Waals surface area contributed by atoms with Crippen molar-refractivity contribution in [2.45, 2.75) is 13.3 Å². The molecule has 0 amide bonds. The van der Waals surface area contributed by atoms with Gasteiger partial charge in [-0.25, -0.2) is 0 Å². The first-order valence-corrected chi connectivity index (χ1v) is 4.45. The minimum absolute atomic E-state index is 0.0312. The second-order valence-electron chi connectivity index (χ2n) is 3.08. The average Bonchev–Trinajstić information content (AvgIpc) is 1.99. The number of carboxylic acids is 1. The van der Waals surface area contributed by atoms with Gasteiger partial charge < -0.3 is 5.11 Å². The van der Waals surface area contributed by atoms with Crippen LogP contribution in [0.2, 0.25) is 5.02 Å². The molecule has 6 heteroatoms. The van der Waals surface area contributed by atoms with Gasteiger partial charge in [0.2, 0.25) is 0 Å². The van der Waals surface area contributed by atoms with E-state index in [1.165, 1.54) is 12.1 Å². The molecule has 0 saturated heterocycles. The van der Waals surface area contributed by atoms with Gasteiger partial charge >= 0.3 is 5.97 Å². The molecule has 1 N–H and O–H groups in total. The summed E-state index contributed by atoms with van der Waals surface area (Å²) >= 11 is 5.68. The van der Waals surface area contributed by atoms with Gasteiger partial charge in [-0.1, -0.05) is 11.6 Å². The van der Waals surface area contributed by atoms with Crippen molar-refractivity contribution in [2.24, 2.45) is 0 Å². The molecule has 0 aliphatic carbocycles. The lowest BCUT2D eigenvalue weighted by Crippen LogP contribution is -2.04. The number of aliphatic carboxylic acids is 1. The Morgan fingerprint density at radius 2 is 2.20 bits per heavy atom. The maximum absolute atomic E-state index is 10.7. The quantitative estimate of drug-likeness (QED) is 0.636. The number of halogens is 1. The summed E-state index contributed by atoms with van der Waals surface area (Å²) in [5.41, 5.74) is 0.490. The van der Waals surface area contributed by atoms with E-state index in [1.54, 1.807) is 6.92 Å². The van der Waals surface area contributed by atoms with Gasteiger partial charge in [0, 0.05) is 5.56 Å². The lowest BCUT2D eigenvalue weighted by atomic mass is 10.1. The molecule has 0 aliphatic rings. The van der Waals surface area contributed by atoms with E-state index in [0.29, 0.717) is 5.56 Å². The van der Waals surface area contributed by atoms with Gasteiger partial charge in [0.15, 0.2) is 0 Å². The predicted octanol–water partition coefficient (Wildman–Crippen LogP) is 2.18. The third-order valence-corrected chi connectivity index (χ3v) is 2.10. The third kappa shape index (κ3) is 2.66. The standard InChI is InChI=1S/C9H8ClNO4/c1-5-2-6(4-8(12)13)9(11(14)15)7(10)3-5/h2-3H,4H2,1H3,(H,12,13). The zero-order chi connectivity index (χ0) is 11.6. The number of nitro benzene ring substituents is 1. The van der Waals surface area contributed by atoms with Crippen molar-refractivity contribution in [1.82, 2.24) is 0 Å². The molecule has 0 saturated carbocycles. The fourth-order valence-corrected chi connectivity index (χ4v) is 1.67. The first-order chi connectivity index (χ1) is 6.91. The Morgan fingerprint density at radius 1 is 1.60 bits per heavy atom. The lowest BCUT2D eigenvalue weighted by molar-refractivity contribution is -0.385. The van der Waals surface area contributed by atoms with Crippen LogP contribution < -0.4 is 0 Å². The average molecular weight is 230 g/mol. The summed E-state index contributed by atoms with van der Waals surface area (Å²) < 4.78 is 0. The van der Waals surface area contributed by atoms with Crippen molar-refractivity contribution in [3.63, 3.8) is 0 Å². The van der Waals surface area contributed by atoms with Crippen LogP contribution in [-0.2, 0) is 11.2 Å². The zero-order valence-corrected chi connectivity index (χ0v) is 8.61. The number of nitrogens with zero attached hydrogens (tertiary/aromatic N) is 1. The highest BCUT2D eigenvalue weighted by molar-refractivity contribution is 6.32. The van der Waals surface area contributed by atoms with E-state index in [1.807, 2.05) is 0 Å². The Labute approximate surface area is 90.4 Å².